The Balaban J connectivity index is 2.20. The summed E-state index contributed by atoms with van der Waals surface area (Å²) in [6.45, 7) is 2.02. The molecule has 0 atom stereocenters. The molecule has 1 amide bonds. The molecule has 98 valence electrons. The van der Waals surface area contributed by atoms with E-state index in [0.717, 1.165) is 0 Å². The molecule has 7 heteroatoms. The number of aromatic nitrogens is 1. The minimum Gasteiger partial charge on any atom is -0.364 e. The lowest BCUT2D eigenvalue weighted by Crippen LogP contribution is -2.45. The maximum Gasteiger partial charge on any atom is 0.259 e. The Morgan fingerprint density at radius 2 is 1.94 bits per heavy atom. The summed E-state index contributed by atoms with van der Waals surface area (Å²) in [5.74, 6) is -0.489. The van der Waals surface area contributed by atoms with E-state index in [2.05, 4.69) is 4.98 Å². The fourth-order valence-electron chi connectivity index (χ4n) is 1.83. The second-order valence-electron chi connectivity index (χ2n) is 4.34. The normalized spacial score (nSPS) is 18.6. The SMILES string of the molecule is Cc1cc(=O)c(C(=O)N2CCS(=O)(=O)CC2)c[nH]1. The van der Waals surface area contributed by atoms with Gasteiger partial charge in [-0.15, -0.1) is 0 Å². The van der Waals surface area contributed by atoms with Crippen molar-refractivity contribution in [2.45, 2.75) is 6.92 Å². The van der Waals surface area contributed by atoms with Crippen LogP contribution in [0, 0.1) is 6.92 Å². The van der Waals surface area contributed by atoms with Crippen LogP contribution < -0.4 is 5.43 Å². The first-order valence-electron chi connectivity index (χ1n) is 5.58. The molecule has 1 aromatic rings. The molecule has 1 fully saturated rings. The van der Waals surface area contributed by atoms with Gasteiger partial charge < -0.3 is 9.88 Å². The number of hydrogen-bond acceptors (Lipinski definition) is 4. The summed E-state index contributed by atoms with van der Waals surface area (Å²) >= 11 is 0. The summed E-state index contributed by atoms with van der Waals surface area (Å²) in [5.41, 5.74) is 0.391. The Kier molecular flexibility index (Phi) is 3.25. The molecular weight excluding hydrogens is 256 g/mol. The lowest BCUT2D eigenvalue weighted by atomic mass is 10.2. The van der Waals surface area contributed by atoms with Crippen molar-refractivity contribution in [2.24, 2.45) is 0 Å². The molecular formula is C11H14N2O4S. The third kappa shape index (κ3) is 2.61. The van der Waals surface area contributed by atoms with Gasteiger partial charge in [0.05, 0.1) is 11.5 Å². The van der Waals surface area contributed by atoms with Gasteiger partial charge in [0.25, 0.3) is 5.91 Å². The van der Waals surface area contributed by atoms with Crippen molar-refractivity contribution in [1.82, 2.24) is 9.88 Å². The summed E-state index contributed by atoms with van der Waals surface area (Å²) in [6.07, 6.45) is 1.38. The van der Waals surface area contributed by atoms with Crippen molar-refractivity contribution in [1.29, 1.82) is 0 Å². The average molecular weight is 270 g/mol. The topological polar surface area (TPSA) is 87.3 Å². The number of aryl methyl sites for hydroxylation is 1. The highest BCUT2D eigenvalue weighted by Gasteiger charge is 2.26. The average Bonchev–Trinajstić information content (AvgIpc) is 2.28. The third-order valence-corrected chi connectivity index (χ3v) is 4.53. The molecule has 0 aromatic carbocycles. The van der Waals surface area contributed by atoms with Crippen molar-refractivity contribution in [3.05, 3.63) is 33.7 Å². The Morgan fingerprint density at radius 1 is 1.33 bits per heavy atom. The molecule has 1 aromatic heterocycles. The van der Waals surface area contributed by atoms with Crippen LogP contribution in [0.5, 0.6) is 0 Å². The van der Waals surface area contributed by atoms with Crippen LogP contribution in [0.4, 0.5) is 0 Å². The number of carbonyl (C=O) groups is 1. The number of nitrogens with zero attached hydrogens (tertiary/aromatic N) is 1. The van der Waals surface area contributed by atoms with Gasteiger partial charge in [-0.25, -0.2) is 8.42 Å². The highest BCUT2D eigenvalue weighted by atomic mass is 32.2. The van der Waals surface area contributed by atoms with E-state index in [0.29, 0.717) is 5.69 Å². The molecule has 0 unspecified atom stereocenters. The fourth-order valence-corrected chi connectivity index (χ4v) is 3.03. The lowest BCUT2D eigenvalue weighted by molar-refractivity contribution is 0.0768. The molecule has 2 rings (SSSR count). The number of H-pyrrole nitrogens is 1. The van der Waals surface area contributed by atoms with Gasteiger partial charge in [-0.3, -0.25) is 9.59 Å². The zero-order valence-electron chi connectivity index (χ0n) is 9.97. The Hall–Kier alpha value is -1.63. The van der Waals surface area contributed by atoms with Crippen molar-refractivity contribution in [3.63, 3.8) is 0 Å². The second kappa shape index (κ2) is 4.56. The van der Waals surface area contributed by atoms with E-state index in [1.807, 2.05) is 0 Å². The summed E-state index contributed by atoms with van der Waals surface area (Å²) in [6, 6.07) is 1.36. The predicted molar refractivity (Wildman–Crippen MR) is 66.4 cm³/mol. The van der Waals surface area contributed by atoms with E-state index in [1.54, 1.807) is 6.92 Å². The zero-order chi connectivity index (χ0) is 13.3. The summed E-state index contributed by atoms with van der Waals surface area (Å²) in [7, 11) is -3.03. The van der Waals surface area contributed by atoms with Gasteiger partial charge in [-0.1, -0.05) is 0 Å². The van der Waals surface area contributed by atoms with Crippen molar-refractivity contribution in [2.75, 3.05) is 24.6 Å². The van der Waals surface area contributed by atoms with E-state index in [-0.39, 0.29) is 35.6 Å². The molecule has 0 spiro atoms. The van der Waals surface area contributed by atoms with Crippen LogP contribution in [0.3, 0.4) is 0 Å². The van der Waals surface area contributed by atoms with E-state index in [1.165, 1.54) is 17.2 Å². The number of sulfone groups is 1. The van der Waals surface area contributed by atoms with Gasteiger partial charge in [-0.05, 0) is 6.92 Å². The van der Waals surface area contributed by atoms with Gasteiger partial charge in [-0.2, -0.15) is 0 Å². The monoisotopic (exact) mass is 270 g/mol. The molecule has 2 heterocycles. The van der Waals surface area contributed by atoms with E-state index < -0.39 is 15.7 Å². The Labute approximate surface area is 105 Å². The minimum absolute atomic E-state index is 0.0392. The molecule has 1 saturated heterocycles. The number of pyridine rings is 1. The van der Waals surface area contributed by atoms with Gasteiger partial charge >= 0.3 is 0 Å². The van der Waals surface area contributed by atoms with Crippen molar-refractivity contribution < 1.29 is 13.2 Å². The van der Waals surface area contributed by atoms with E-state index in [9.17, 15) is 18.0 Å². The van der Waals surface area contributed by atoms with Crippen LogP contribution in [0.15, 0.2) is 17.1 Å². The second-order valence-corrected chi connectivity index (χ2v) is 6.64. The number of aromatic amines is 1. The van der Waals surface area contributed by atoms with Crippen LogP contribution in [-0.4, -0.2) is 48.8 Å². The quantitative estimate of drug-likeness (QED) is 0.749. The minimum atomic E-state index is -3.03. The highest BCUT2D eigenvalue weighted by Crippen LogP contribution is 2.07. The lowest BCUT2D eigenvalue weighted by Gasteiger charge is -2.26. The maximum absolute atomic E-state index is 12.1. The molecule has 0 bridgehead atoms. The first kappa shape index (κ1) is 12.8. The van der Waals surface area contributed by atoms with Crippen LogP contribution in [0.2, 0.25) is 0 Å². The van der Waals surface area contributed by atoms with Crippen LogP contribution in [0.1, 0.15) is 16.1 Å². The largest absolute Gasteiger partial charge is 0.364 e. The van der Waals surface area contributed by atoms with Gasteiger partial charge in [0, 0.05) is 31.0 Å². The van der Waals surface area contributed by atoms with E-state index >= 15 is 0 Å². The van der Waals surface area contributed by atoms with Gasteiger partial charge in [0.2, 0.25) is 0 Å². The summed E-state index contributed by atoms with van der Waals surface area (Å²) < 4.78 is 22.5. The van der Waals surface area contributed by atoms with Crippen LogP contribution in [-0.2, 0) is 9.84 Å². The number of rotatable bonds is 1. The summed E-state index contributed by atoms with van der Waals surface area (Å²) in [4.78, 5) is 27.9. The Bertz CT molecular complexity index is 619. The standard InChI is InChI=1S/C11H14N2O4S/c1-8-6-10(14)9(7-12-8)11(15)13-2-4-18(16,17)5-3-13/h6-7H,2-5H2,1H3,(H,12,14). The molecule has 1 aliphatic heterocycles. The molecule has 1 aliphatic rings. The van der Waals surface area contributed by atoms with Gasteiger partial charge in [0.15, 0.2) is 15.3 Å². The van der Waals surface area contributed by atoms with Crippen LogP contribution in [0.25, 0.3) is 0 Å². The smallest absolute Gasteiger partial charge is 0.259 e. The first-order valence-corrected chi connectivity index (χ1v) is 7.40. The number of hydrogen-bond donors (Lipinski definition) is 1. The van der Waals surface area contributed by atoms with E-state index in [4.69, 9.17) is 0 Å². The predicted octanol–water partition coefficient (Wildman–Crippen LogP) is -0.446. The first-order chi connectivity index (χ1) is 8.39. The molecule has 1 N–H and O–H groups in total. The van der Waals surface area contributed by atoms with Gasteiger partial charge in [0.1, 0.15) is 5.56 Å². The Morgan fingerprint density at radius 3 is 2.50 bits per heavy atom. The number of nitrogens with one attached hydrogen (secondary N) is 1. The molecule has 0 radical (unpaired) electrons. The summed E-state index contributed by atoms with van der Waals surface area (Å²) in [5, 5.41) is 0. The van der Waals surface area contributed by atoms with Crippen molar-refractivity contribution in [3.8, 4) is 0 Å². The molecule has 0 aliphatic carbocycles. The van der Waals surface area contributed by atoms with Crippen LogP contribution >= 0.6 is 0 Å². The molecule has 18 heavy (non-hydrogen) atoms. The van der Waals surface area contributed by atoms with Crippen molar-refractivity contribution >= 4 is 15.7 Å². The zero-order valence-corrected chi connectivity index (χ0v) is 10.8. The maximum atomic E-state index is 12.1. The molecule has 0 saturated carbocycles. The molecule has 6 nitrogen and oxygen atoms in total. The fraction of sp³-hybridized carbons (Fsp3) is 0.455. The number of carbonyl (C=O) groups excluding carboxylic acids is 1. The number of amides is 1. The highest BCUT2D eigenvalue weighted by molar-refractivity contribution is 7.91. The third-order valence-electron chi connectivity index (χ3n) is 2.92.